The standard InChI is InChI=1S/C15H27NO6/c1-4-5-14(19)21-6-7-22-15(20)16-10-12(8-11(2)3)9-13(17)18/h11-12H,4-10H2,1-3H3,(H,16,20)(H,17,18). The van der Waals surface area contributed by atoms with Crippen LogP contribution in [0.15, 0.2) is 0 Å². The van der Waals surface area contributed by atoms with Crippen LogP contribution in [0.5, 0.6) is 0 Å². The van der Waals surface area contributed by atoms with Gasteiger partial charge in [0.05, 0.1) is 0 Å². The van der Waals surface area contributed by atoms with Gasteiger partial charge in [0.25, 0.3) is 0 Å². The van der Waals surface area contributed by atoms with Crippen molar-refractivity contribution in [1.29, 1.82) is 0 Å². The van der Waals surface area contributed by atoms with E-state index in [1.807, 2.05) is 20.8 Å². The molecule has 0 saturated heterocycles. The van der Waals surface area contributed by atoms with Gasteiger partial charge in [-0.2, -0.15) is 0 Å². The topological polar surface area (TPSA) is 102 Å². The van der Waals surface area contributed by atoms with E-state index in [0.717, 1.165) is 0 Å². The average molecular weight is 317 g/mol. The van der Waals surface area contributed by atoms with Crippen molar-refractivity contribution in [3.8, 4) is 0 Å². The molecule has 0 spiro atoms. The van der Waals surface area contributed by atoms with Gasteiger partial charge >= 0.3 is 18.0 Å². The lowest BCUT2D eigenvalue weighted by atomic mass is 9.94. The van der Waals surface area contributed by atoms with E-state index in [9.17, 15) is 14.4 Å². The Kier molecular flexibility index (Phi) is 10.9. The number of hydrogen-bond donors (Lipinski definition) is 2. The molecule has 0 fully saturated rings. The minimum atomic E-state index is -0.886. The van der Waals surface area contributed by atoms with Crippen LogP contribution in [0.4, 0.5) is 4.79 Å². The molecule has 1 unspecified atom stereocenters. The van der Waals surface area contributed by atoms with Crippen molar-refractivity contribution in [3.05, 3.63) is 0 Å². The third kappa shape index (κ3) is 12.0. The molecule has 0 aromatic rings. The SMILES string of the molecule is CCCC(=O)OCCOC(=O)NCC(CC(=O)O)CC(C)C. The largest absolute Gasteiger partial charge is 0.481 e. The fraction of sp³-hybridized carbons (Fsp3) is 0.800. The van der Waals surface area contributed by atoms with Gasteiger partial charge in [-0.05, 0) is 24.7 Å². The Morgan fingerprint density at radius 1 is 1.14 bits per heavy atom. The molecule has 0 bridgehead atoms. The first-order valence-electron chi connectivity index (χ1n) is 7.63. The van der Waals surface area contributed by atoms with Crippen LogP contribution >= 0.6 is 0 Å². The van der Waals surface area contributed by atoms with E-state index in [1.54, 1.807) is 0 Å². The second-order valence-electron chi connectivity index (χ2n) is 5.58. The highest BCUT2D eigenvalue weighted by Gasteiger charge is 2.16. The van der Waals surface area contributed by atoms with Crippen LogP contribution in [0.2, 0.25) is 0 Å². The summed E-state index contributed by atoms with van der Waals surface area (Å²) in [5.74, 6) is -0.985. The normalized spacial score (nSPS) is 11.8. The average Bonchev–Trinajstić information content (AvgIpc) is 2.40. The zero-order chi connectivity index (χ0) is 17.0. The number of nitrogens with one attached hydrogen (secondary N) is 1. The van der Waals surface area contributed by atoms with Crippen LogP contribution in [-0.4, -0.2) is 42.9 Å². The fourth-order valence-electron chi connectivity index (χ4n) is 2.00. The predicted molar refractivity (Wildman–Crippen MR) is 80.4 cm³/mol. The van der Waals surface area contributed by atoms with E-state index in [2.05, 4.69) is 5.32 Å². The van der Waals surface area contributed by atoms with Crippen LogP contribution in [0, 0.1) is 11.8 Å². The lowest BCUT2D eigenvalue weighted by molar-refractivity contribution is -0.144. The number of esters is 1. The Hall–Kier alpha value is -1.79. The fourth-order valence-corrected chi connectivity index (χ4v) is 2.00. The quantitative estimate of drug-likeness (QED) is 0.447. The van der Waals surface area contributed by atoms with E-state index in [0.29, 0.717) is 25.2 Å². The number of hydrogen-bond acceptors (Lipinski definition) is 5. The summed E-state index contributed by atoms with van der Waals surface area (Å²) in [5.41, 5.74) is 0. The molecule has 0 aliphatic heterocycles. The van der Waals surface area contributed by atoms with E-state index in [-0.39, 0.29) is 38.1 Å². The Balaban J connectivity index is 3.88. The van der Waals surface area contributed by atoms with Gasteiger partial charge in [-0.15, -0.1) is 0 Å². The first-order chi connectivity index (χ1) is 10.3. The minimum Gasteiger partial charge on any atom is -0.481 e. The third-order valence-corrected chi connectivity index (χ3v) is 2.84. The third-order valence-electron chi connectivity index (χ3n) is 2.84. The summed E-state index contributed by atoms with van der Waals surface area (Å²) in [6, 6.07) is 0. The molecule has 0 radical (unpaired) electrons. The number of carbonyl (C=O) groups is 3. The van der Waals surface area contributed by atoms with Crippen molar-refractivity contribution >= 4 is 18.0 Å². The number of carbonyl (C=O) groups excluding carboxylic acids is 2. The Bertz CT molecular complexity index is 356. The van der Waals surface area contributed by atoms with E-state index in [1.165, 1.54) is 0 Å². The number of ether oxygens (including phenoxy) is 2. The van der Waals surface area contributed by atoms with E-state index >= 15 is 0 Å². The Morgan fingerprint density at radius 3 is 2.32 bits per heavy atom. The molecule has 1 amide bonds. The van der Waals surface area contributed by atoms with Gasteiger partial charge in [-0.3, -0.25) is 9.59 Å². The first kappa shape index (κ1) is 20.2. The Morgan fingerprint density at radius 2 is 1.77 bits per heavy atom. The molecule has 0 saturated carbocycles. The van der Waals surface area contributed by atoms with Crippen LogP contribution in [-0.2, 0) is 19.1 Å². The molecule has 0 aliphatic rings. The summed E-state index contributed by atoms with van der Waals surface area (Å²) in [5, 5.41) is 11.4. The van der Waals surface area contributed by atoms with Crippen molar-refractivity contribution in [2.24, 2.45) is 11.8 Å². The lowest BCUT2D eigenvalue weighted by Gasteiger charge is -2.17. The summed E-state index contributed by atoms with van der Waals surface area (Å²) >= 11 is 0. The first-order valence-corrected chi connectivity index (χ1v) is 7.63. The van der Waals surface area contributed by atoms with E-state index in [4.69, 9.17) is 14.6 Å². The maximum absolute atomic E-state index is 11.5. The summed E-state index contributed by atoms with van der Waals surface area (Å²) in [6.07, 6.45) is 1.14. The predicted octanol–water partition coefficient (Wildman–Crippen LogP) is 2.19. The lowest BCUT2D eigenvalue weighted by Crippen LogP contribution is -2.32. The highest BCUT2D eigenvalue weighted by atomic mass is 16.6. The second-order valence-corrected chi connectivity index (χ2v) is 5.58. The highest BCUT2D eigenvalue weighted by Crippen LogP contribution is 2.14. The monoisotopic (exact) mass is 317 g/mol. The molecular formula is C15H27NO6. The zero-order valence-corrected chi connectivity index (χ0v) is 13.6. The van der Waals surface area contributed by atoms with Gasteiger partial charge in [0.2, 0.25) is 0 Å². The van der Waals surface area contributed by atoms with Crippen molar-refractivity contribution in [2.75, 3.05) is 19.8 Å². The molecule has 128 valence electrons. The number of carboxylic acid groups (broad SMARTS) is 1. The maximum Gasteiger partial charge on any atom is 0.407 e. The Labute approximate surface area is 131 Å². The van der Waals surface area contributed by atoms with Crippen molar-refractivity contribution in [3.63, 3.8) is 0 Å². The van der Waals surface area contributed by atoms with Gasteiger partial charge in [0.15, 0.2) is 0 Å². The zero-order valence-electron chi connectivity index (χ0n) is 13.6. The molecule has 0 aromatic heterocycles. The van der Waals surface area contributed by atoms with Crippen LogP contribution in [0.3, 0.4) is 0 Å². The van der Waals surface area contributed by atoms with Gasteiger partial charge in [-0.25, -0.2) is 4.79 Å². The molecule has 22 heavy (non-hydrogen) atoms. The molecule has 7 heteroatoms. The number of amides is 1. The van der Waals surface area contributed by atoms with Gasteiger partial charge in [0.1, 0.15) is 13.2 Å². The minimum absolute atomic E-state index is 0.00703. The molecule has 2 N–H and O–H groups in total. The number of alkyl carbamates (subject to hydrolysis) is 1. The van der Waals surface area contributed by atoms with E-state index < -0.39 is 12.1 Å². The summed E-state index contributed by atoms with van der Waals surface area (Å²) < 4.78 is 9.70. The summed E-state index contributed by atoms with van der Waals surface area (Å²) in [4.78, 5) is 33.3. The number of carboxylic acids is 1. The van der Waals surface area contributed by atoms with Crippen LogP contribution in [0.1, 0.15) is 46.5 Å². The molecule has 7 nitrogen and oxygen atoms in total. The molecule has 0 aromatic carbocycles. The number of aliphatic carboxylic acids is 1. The molecular weight excluding hydrogens is 290 g/mol. The van der Waals surface area contributed by atoms with Crippen LogP contribution in [0.25, 0.3) is 0 Å². The smallest absolute Gasteiger partial charge is 0.407 e. The van der Waals surface area contributed by atoms with Gasteiger partial charge in [-0.1, -0.05) is 20.8 Å². The van der Waals surface area contributed by atoms with Crippen LogP contribution < -0.4 is 5.32 Å². The highest BCUT2D eigenvalue weighted by molar-refractivity contribution is 5.69. The van der Waals surface area contributed by atoms with Gasteiger partial charge in [0, 0.05) is 19.4 Å². The maximum atomic E-state index is 11.5. The summed E-state index contributed by atoms with van der Waals surface area (Å²) in [6.45, 7) is 6.12. The van der Waals surface area contributed by atoms with Crippen molar-refractivity contribution in [2.45, 2.75) is 46.5 Å². The summed E-state index contributed by atoms with van der Waals surface area (Å²) in [7, 11) is 0. The van der Waals surface area contributed by atoms with Gasteiger partial charge < -0.3 is 19.9 Å². The molecule has 0 rings (SSSR count). The molecule has 0 heterocycles. The number of rotatable bonds is 11. The second kappa shape index (κ2) is 11.8. The molecule has 1 atom stereocenters. The molecule has 0 aliphatic carbocycles. The van der Waals surface area contributed by atoms with Crippen molar-refractivity contribution < 1.29 is 29.0 Å². The van der Waals surface area contributed by atoms with Crippen molar-refractivity contribution in [1.82, 2.24) is 5.32 Å².